The van der Waals surface area contributed by atoms with E-state index in [4.69, 9.17) is 16.3 Å². The van der Waals surface area contributed by atoms with E-state index in [1.807, 2.05) is 0 Å². The number of halogens is 2. The predicted octanol–water partition coefficient (Wildman–Crippen LogP) is 3.70. The van der Waals surface area contributed by atoms with Crippen molar-refractivity contribution in [3.05, 3.63) is 27.2 Å². The van der Waals surface area contributed by atoms with Gasteiger partial charge in [0.25, 0.3) is 0 Å². The van der Waals surface area contributed by atoms with E-state index in [1.54, 1.807) is 12.1 Å². The molecule has 0 aliphatic heterocycles. The van der Waals surface area contributed by atoms with E-state index in [1.165, 1.54) is 12.8 Å². The fourth-order valence-corrected chi connectivity index (χ4v) is 1.75. The maximum atomic E-state index is 10.8. The Balaban J connectivity index is 2.18. The van der Waals surface area contributed by atoms with Crippen molar-refractivity contribution in [1.29, 1.82) is 0 Å². The molecule has 1 aliphatic carbocycles. The summed E-state index contributed by atoms with van der Waals surface area (Å²) in [6.07, 6.45) is 3.22. The summed E-state index contributed by atoms with van der Waals surface area (Å²) in [6, 6.07) is 3.36. The Labute approximate surface area is 102 Å². The Kier molecular flexibility index (Phi) is 3.32. The van der Waals surface area contributed by atoms with Gasteiger partial charge in [-0.2, -0.15) is 0 Å². The van der Waals surface area contributed by atoms with Gasteiger partial charge in [0.1, 0.15) is 5.75 Å². The van der Waals surface area contributed by atoms with Crippen LogP contribution in [0.2, 0.25) is 5.02 Å². The highest BCUT2D eigenvalue weighted by Crippen LogP contribution is 2.33. The van der Waals surface area contributed by atoms with Gasteiger partial charge in [0.15, 0.2) is 6.29 Å². The molecule has 2 rings (SSSR count). The van der Waals surface area contributed by atoms with Crippen LogP contribution < -0.4 is 4.74 Å². The van der Waals surface area contributed by atoms with Gasteiger partial charge in [-0.25, -0.2) is 0 Å². The van der Waals surface area contributed by atoms with E-state index < -0.39 is 0 Å². The van der Waals surface area contributed by atoms with Crippen LogP contribution in [-0.2, 0) is 0 Å². The van der Waals surface area contributed by atoms with Crippen LogP contribution in [0.5, 0.6) is 5.75 Å². The van der Waals surface area contributed by atoms with E-state index in [-0.39, 0.29) is 0 Å². The van der Waals surface area contributed by atoms with Crippen LogP contribution in [0, 0.1) is 5.92 Å². The Morgan fingerprint density at radius 1 is 1.53 bits per heavy atom. The molecule has 1 aromatic rings. The van der Waals surface area contributed by atoms with Crippen LogP contribution in [0.4, 0.5) is 0 Å². The minimum atomic E-state index is 0.504. The lowest BCUT2D eigenvalue weighted by Crippen LogP contribution is -2.01. The van der Waals surface area contributed by atoms with Crippen molar-refractivity contribution in [3.63, 3.8) is 0 Å². The van der Waals surface area contributed by atoms with Crippen LogP contribution in [0.25, 0.3) is 0 Å². The zero-order valence-electron chi connectivity index (χ0n) is 8.00. The molecule has 1 aliphatic rings. The molecule has 1 saturated carbocycles. The summed E-state index contributed by atoms with van der Waals surface area (Å²) in [5, 5.41) is 0.524. The van der Waals surface area contributed by atoms with Gasteiger partial charge in [0.05, 0.1) is 17.2 Å². The standard InChI is InChI=1S/C11H10BrClO2/c12-9-4-11(15-6-7-1-2-7)8(5-14)3-10(9)13/h3-5,7H,1-2,6H2. The van der Waals surface area contributed by atoms with Crippen molar-refractivity contribution in [2.75, 3.05) is 6.61 Å². The molecule has 4 heteroatoms. The first kappa shape index (κ1) is 11.0. The van der Waals surface area contributed by atoms with Gasteiger partial charge in [-0.3, -0.25) is 4.79 Å². The number of ether oxygens (including phenoxy) is 1. The lowest BCUT2D eigenvalue weighted by Gasteiger charge is -2.09. The number of benzene rings is 1. The van der Waals surface area contributed by atoms with E-state index in [9.17, 15) is 4.79 Å². The van der Waals surface area contributed by atoms with Crippen LogP contribution in [-0.4, -0.2) is 12.9 Å². The molecule has 2 nitrogen and oxygen atoms in total. The van der Waals surface area contributed by atoms with Gasteiger partial charge in [-0.15, -0.1) is 0 Å². The highest BCUT2D eigenvalue weighted by atomic mass is 79.9. The van der Waals surface area contributed by atoms with Gasteiger partial charge < -0.3 is 4.74 Å². The summed E-state index contributed by atoms with van der Waals surface area (Å²) in [6.45, 7) is 0.689. The Morgan fingerprint density at radius 3 is 2.87 bits per heavy atom. The Bertz CT molecular complexity index is 388. The summed E-state index contributed by atoms with van der Waals surface area (Å²) >= 11 is 9.18. The molecule has 0 N–H and O–H groups in total. The summed E-state index contributed by atoms with van der Waals surface area (Å²) in [4.78, 5) is 10.8. The van der Waals surface area contributed by atoms with Crippen molar-refractivity contribution in [2.45, 2.75) is 12.8 Å². The monoisotopic (exact) mass is 288 g/mol. The molecule has 0 bridgehead atoms. The molecule has 0 aromatic heterocycles. The highest BCUT2D eigenvalue weighted by Gasteiger charge is 2.22. The van der Waals surface area contributed by atoms with Crippen molar-refractivity contribution >= 4 is 33.8 Å². The molecule has 1 fully saturated rings. The van der Waals surface area contributed by atoms with E-state index >= 15 is 0 Å². The highest BCUT2D eigenvalue weighted by molar-refractivity contribution is 9.10. The van der Waals surface area contributed by atoms with Gasteiger partial charge in [0.2, 0.25) is 0 Å². The molecule has 0 saturated heterocycles. The third-order valence-electron chi connectivity index (χ3n) is 2.35. The number of hydrogen-bond acceptors (Lipinski definition) is 2. The summed E-state index contributed by atoms with van der Waals surface area (Å²) < 4.78 is 6.32. The third-order valence-corrected chi connectivity index (χ3v) is 3.55. The summed E-state index contributed by atoms with van der Waals surface area (Å²) in [5.74, 6) is 1.27. The molecule has 0 spiro atoms. The number of hydrogen-bond donors (Lipinski definition) is 0. The fraction of sp³-hybridized carbons (Fsp3) is 0.364. The second kappa shape index (κ2) is 4.54. The Hall–Kier alpha value is -0.540. The topological polar surface area (TPSA) is 26.3 Å². The van der Waals surface area contributed by atoms with Crippen molar-refractivity contribution in [3.8, 4) is 5.75 Å². The second-order valence-corrected chi connectivity index (χ2v) is 4.94. The molecule has 80 valence electrons. The molecule has 0 radical (unpaired) electrons. The first-order valence-corrected chi connectivity index (χ1v) is 5.95. The molecule has 1 aromatic carbocycles. The first-order chi connectivity index (χ1) is 7.20. The number of rotatable bonds is 4. The molecular weight excluding hydrogens is 279 g/mol. The van der Waals surface area contributed by atoms with Gasteiger partial charge in [-0.05, 0) is 46.8 Å². The maximum absolute atomic E-state index is 10.8. The van der Waals surface area contributed by atoms with Crippen molar-refractivity contribution in [2.24, 2.45) is 5.92 Å². The predicted molar refractivity (Wildman–Crippen MR) is 62.8 cm³/mol. The molecule has 0 unspecified atom stereocenters. The second-order valence-electron chi connectivity index (χ2n) is 3.68. The van der Waals surface area contributed by atoms with E-state index in [0.717, 1.165) is 10.8 Å². The number of carbonyl (C=O) groups is 1. The van der Waals surface area contributed by atoms with Gasteiger partial charge in [0, 0.05) is 4.47 Å². The Morgan fingerprint density at radius 2 is 2.27 bits per heavy atom. The normalized spacial score (nSPS) is 15.1. The van der Waals surface area contributed by atoms with Crippen molar-refractivity contribution in [1.82, 2.24) is 0 Å². The quantitative estimate of drug-likeness (QED) is 0.790. The fourth-order valence-electron chi connectivity index (χ4n) is 1.25. The average molecular weight is 290 g/mol. The lowest BCUT2D eigenvalue weighted by atomic mass is 10.2. The molecule has 15 heavy (non-hydrogen) atoms. The average Bonchev–Trinajstić information content (AvgIpc) is 3.03. The van der Waals surface area contributed by atoms with Crippen LogP contribution >= 0.6 is 27.5 Å². The molecule has 0 atom stereocenters. The van der Waals surface area contributed by atoms with E-state index in [0.29, 0.717) is 28.9 Å². The molecular formula is C11H10BrClO2. The zero-order valence-corrected chi connectivity index (χ0v) is 10.3. The summed E-state index contributed by atoms with van der Waals surface area (Å²) in [5.41, 5.74) is 0.504. The maximum Gasteiger partial charge on any atom is 0.153 e. The van der Waals surface area contributed by atoms with E-state index in [2.05, 4.69) is 15.9 Å². The largest absolute Gasteiger partial charge is 0.493 e. The van der Waals surface area contributed by atoms with Crippen molar-refractivity contribution < 1.29 is 9.53 Å². The van der Waals surface area contributed by atoms with Gasteiger partial charge in [-0.1, -0.05) is 11.6 Å². The minimum Gasteiger partial charge on any atom is -0.493 e. The van der Waals surface area contributed by atoms with Gasteiger partial charge >= 0.3 is 0 Å². The summed E-state index contributed by atoms with van der Waals surface area (Å²) in [7, 11) is 0. The third kappa shape index (κ3) is 2.73. The first-order valence-electron chi connectivity index (χ1n) is 4.77. The smallest absolute Gasteiger partial charge is 0.153 e. The minimum absolute atomic E-state index is 0.504. The SMILES string of the molecule is O=Cc1cc(Cl)c(Br)cc1OCC1CC1. The number of carbonyl (C=O) groups excluding carboxylic acids is 1. The van der Waals surface area contributed by atoms with Crippen LogP contribution in [0.1, 0.15) is 23.2 Å². The van der Waals surface area contributed by atoms with Crippen LogP contribution in [0.15, 0.2) is 16.6 Å². The zero-order chi connectivity index (χ0) is 10.8. The molecule has 0 amide bonds. The molecule has 0 heterocycles. The number of aldehydes is 1. The van der Waals surface area contributed by atoms with Crippen LogP contribution in [0.3, 0.4) is 0 Å². The lowest BCUT2D eigenvalue weighted by molar-refractivity contribution is 0.111.